The van der Waals surface area contributed by atoms with Crippen LogP contribution in [0.5, 0.6) is 0 Å². The highest BCUT2D eigenvalue weighted by molar-refractivity contribution is 9.09. The zero-order valence-corrected chi connectivity index (χ0v) is 6.08. The second-order valence-corrected chi connectivity index (χ2v) is 3.58. The van der Waals surface area contributed by atoms with Gasteiger partial charge in [-0.2, -0.15) is 0 Å². The van der Waals surface area contributed by atoms with E-state index in [0.717, 1.165) is 0 Å². The molecule has 0 amide bonds. The van der Waals surface area contributed by atoms with E-state index in [0.29, 0.717) is 6.42 Å². The first-order chi connectivity index (χ1) is 3.57. The van der Waals surface area contributed by atoms with Crippen molar-refractivity contribution in [3.8, 4) is 0 Å². The van der Waals surface area contributed by atoms with Crippen LogP contribution < -0.4 is 0 Å². The third kappa shape index (κ3) is 0.768. The van der Waals surface area contributed by atoms with Crippen LogP contribution in [0.4, 0.5) is 8.78 Å². The second-order valence-electron chi connectivity index (χ2n) is 2.48. The Labute approximate surface area is 55.4 Å². The summed E-state index contributed by atoms with van der Waals surface area (Å²) in [4.78, 5) is 0.0509. The van der Waals surface area contributed by atoms with Gasteiger partial charge in [0, 0.05) is 10.2 Å². The Morgan fingerprint density at radius 1 is 1.75 bits per heavy atom. The molecule has 1 rings (SSSR count). The molecule has 8 heavy (non-hydrogen) atoms. The number of halogens is 3. The van der Waals surface area contributed by atoms with Crippen molar-refractivity contribution >= 4 is 15.9 Å². The van der Waals surface area contributed by atoms with Crippen LogP contribution >= 0.6 is 15.9 Å². The van der Waals surface area contributed by atoms with Gasteiger partial charge in [0.25, 0.3) is 0 Å². The molecule has 3 heteroatoms. The molecule has 0 aromatic carbocycles. The summed E-state index contributed by atoms with van der Waals surface area (Å²) < 4.78 is 23.6. The fraction of sp³-hybridized carbons (Fsp3) is 1.00. The van der Waals surface area contributed by atoms with Gasteiger partial charge in [0.15, 0.2) is 0 Å². The third-order valence-electron chi connectivity index (χ3n) is 1.67. The molecule has 0 radical (unpaired) electrons. The largest absolute Gasteiger partial charge is 0.245 e. The summed E-state index contributed by atoms with van der Waals surface area (Å²) in [7, 11) is 0. The Kier molecular flexibility index (Phi) is 1.34. The second kappa shape index (κ2) is 1.66. The molecular weight excluding hydrogens is 178 g/mol. The van der Waals surface area contributed by atoms with Crippen molar-refractivity contribution in [1.82, 2.24) is 0 Å². The minimum atomic E-state index is -2.16. The van der Waals surface area contributed by atoms with Gasteiger partial charge in [-0.15, -0.1) is 0 Å². The van der Waals surface area contributed by atoms with Gasteiger partial charge in [-0.3, -0.25) is 0 Å². The van der Waals surface area contributed by atoms with Gasteiger partial charge < -0.3 is 0 Å². The van der Waals surface area contributed by atoms with Crippen LogP contribution in [-0.4, -0.2) is 11.3 Å². The van der Waals surface area contributed by atoms with Crippen molar-refractivity contribution in [2.45, 2.75) is 24.6 Å². The first kappa shape index (κ1) is 6.46. The molecule has 1 aliphatic rings. The summed E-state index contributed by atoms with van der Waals surface area (Å²) in [6, 6.07) is 0. The van der Waals surface area contributed by atoms with Crippen molar-refractivity contribution in [3.63, 3.8) is 0 Å². The first-order valence-corrected chi connectivity index (χ1v) is 3.41. The van der Waals surface area contributed by atoms with E-state index in [2.05, 4.69) is 15.9 Å². The fourth-order valence-electron chi connectivity index (χ4n) is 0.553. The Morgan fingerprint density at radius 2 is 2.12 bits per heavy atom. The number of hydrogen-bond donors (Lipinski definition) is 0. The van der Waals surface area contributed by atoms with E-state index >= 15 is 0 Å². The van der Waals surface area contributed by atoms with E-state index in [-0.39, 0.29) is 4.83 Å². The van der Waals surface area contributed by atoms with Gasteiger partial charge in [-0.1, -0.05) is 22.9 Å². The van der Waals surface area contributed by atoms with Crippen LogP contribution in [0.25, 0.3) is 0 Å². The topological polar surface area (TPSA) is 0 Å². The number of alkyl halides is 3. The van der Waals surface area contributed by atoms with Gasteiger partial charge in [0.2, 0.25) is 6.43 Å². The average Bonchev–Trinajstić information content (AvgIpc) is 2.17. The van der Waals surface area contributed by atoms with Crippen LogP contribution in [0.3, 0.4) is 0 Å². The van der Waals surface area contributed by atoms with Crippen LogP contribution in [0.15, 0.2) is 0 Å². The first-order valence-electron chi connectivity index (χ1n) is 2.49. The van der Waals surface area contributed by atoms with Crippen molar-refractivity contribution in [3.05, 3.63) is 0 Å². The van der Waals surface area contributed by atoms with Gasteiger partial charge in [0.1, 0.15) is 0 Å². The molecule has 1 fully saturated rings. The van der Waals surface area contributed by atoms with Crippen LogP contribution in [0.2, 0.25) is 0 Å². The summed E-state index contributed by atoms with van der Waals surface area (Å²) in [5.74, 6) is 0. The monoisotopic (exact) mass is 184 g/mol. The predicted molar refractivity (Wildman–Crippen MR) is 31.4 cm³/mol. The molecule has 0 heterocycles. The van der Waals surface area contributed by atoms with Crippen LogP contribution in [-0.2, 0) is 0 Å². The lowest BCUT2D eigenvalue weighted by Crippen LogP contribution is -2.09. The molecule has 0 aliphatic heterocycles. The van der Waals surface area contributed by atoms with Gasteiger partial charge >= 0.3 is 0 Å². The summed E-state index contributed by atoms with van der Waals surface area (Å²) in [5.41, 5.74) is -0.708. The molecule has 0 saturated heterocycles. The molecule has 0 nitrogen and oxygen atoms in total. The van der Waals surface area contributed by atoms with E-state index < -0.39 is 11.8 Å². The van der Waals surface area contributed by atoms with E-state index in [4.69, 9.17) is 0 Å². The minimum Gasteiger partial charge on any atom is -0.210 e. The lowest BCUT2D eigenvalue weighted by atomic mass is 10.2. The normalized spacial score (nSPS) is 45.4. The molecular formula is C5H7BrF2. The maximum absolute atomic E-state index is 11.8. The Balaban J connectivity index is 2.47. The van der Waals surface area contributed by atoms with Gasteiger partial charge in [0.05, 0.1) is 0 Å². The average molecular weight is 185 g/mol. The zero-order chi connectivity index (χ0) is 6.36. The van der Waals surface area contributed by atoms with Gasteiger partial charge in [-0.25, -0.2) is 8.78 Å². The molecule has 0 spiro atoms. The standard InChI is InChI=1S/C5H7BrF2/c1-5(4(7)8)2-3(5)6/h3-4H,2H2,1H3. The molecule has 48 valence electrons. The molecule has 1 saturated carbocycles. The van der Waals surface area contributed by atoms with Gasteiger partial charge in [-0.05, 0) is 6.42 Å². The Hall–Kier alpha value is 0.340. The summed E-state index contributed by atoms with van der Waals surface area (Å²) in [5, 5.41) is 0. The molecule has 0 N–H and O–H groups in total. The molecule has 0 aromatic rings. The van der Waals surface area contributed by atoms with Crippen LogP contribution in [0.1, 0.15) is 13.3 Å². The summed E-state index contributed by atoms with van der Waals surface area (Å²) in [6.07, 6.45) is -1.54. The SMILES string of the molecule is CC1(C(F)F)CC1Br. The Bertz CT molecular complexity index is 105. The molecule has 0 bridgehead atoms. The number of hydrogen-bond acceptors (Lipinski definition) is 0. The van der Waals surface area contributed by atoms with Crippen molar-refractivity contribution in [2.24, 2.45) is 5.41 Å². The minimum absolute atomic E-state index is 0.0509. The summed E-state index contributed by atoms with van der Waals surface area (Å²) >= 11 is 3.13. The van der Waals surface area contributed by atoms with E-state index in [1.807, 2.05) is 0 Å². The van der Waals surface area contributed by atoms with Crippen molar-refractivity contribution < 1.29 is 8.78 Å². The zero-order valence-electron chi connectivity index (χ0n) is 4.50. The molecule has 1 aliphatic carbocycles. The fourth-order valence-corrected chi connectivity index (χ4v) is 1.45. The lowest BCUT2D eigenvalue weighted by Gasteiger charge is -2.04. The smallest absolute Gasteiger partial charge is 0.210 e. The highest BCUT2D eigenvalue weighted by Crippen LogP contribution is 2.55. The molecule has 2 atom stereocenters. The highest BCUT2D eigenvalue weighted by atomic mass is 79.9. The third-order valence-corrected chi connectivity index (χ3v) is 3.04. The molecule has 2 unspecified atom stereocenters. The lowest BCUT2D eigenvalue weighted by molar-refractivity contribution is 0.0735. The Morgan fingerprint density at radius 3 is 2.12 bits per heavy atom. The van der Waals surface area contributed by atoms with Crippen molar-refractivity contribution in [1.29, 1.82) is 0 Å². The quantitative estimate of drug-likeness (QED) is 0.550. The van der Waals surface area contributed by atoms with Crippen LogP contribution in [0, 0.1) is 5.41 Å². The molecule has 0 aromatic heterocycles. The maximum Gasteiger partial charge on any atom is 0.245 e. The highest BCUT2D eigenvalue weighted by Gasteiger charge is 2.55. The predicted octanol–water partition coefficient (Wildman–Crippen LogP) is 2.43. The van der Waals surface area contributed by atoms with E-state index in [1.54, 1.807) is 6.92 Å². The van der Waals surface area contributed by atoms with Crippen molar-refractivity contribution in [2.75, 3.05) is 0 Å². The van der Waals surface area contributed by atoms with E-state index in [1.165, 1.54) is 0 Å². The maximum atomic E-state index is 11.8. The summed E-state index contributed by atoms with van der Waals surface area (Å²) in [6.45, 7) is 1.59. The number of rotatable bonds is 1. The van der Waals surface area contributed by atoms with E-state index in [9.17, 15) is 8.78 Å².